The molecule has 0 spiro atoms. The van der Waals surface area contributed by atoms with E-state index in [1.54, 1.807) is 18.2 Å². The summed E-state index contributed by atoms with van der Waals surface area (Å²) < 4.78 is 13.3. The molecule has 1 nitrogen and oxygen atoms in total. The van der Waals surface area contributed by atoms with Crippen LogP contribution in [0.15, 0.2) is 23.8 Å². The zero-order valence-corrected chi connectivity index (χ0v) is 8.68. The molecule has 14 heavy (non-hydrogen) atoms. The first-order chi connectivity index (χ1) is 6.69. The van der Waals surface area contributed by atoms with Gasteiger partial charge in [0, 0.05) is 5.56 Å². The lowest BCUT2D eigenvalue weighted by molar-refractivity contribution is 0.329. The summed E-state index contributed by atoms with van der Waals surface area (Å²) in [5.74, 6) is -0.364. The summed E-state index contributed by atoms with van der Waals surface area (Å²) in [4.78, 5) is 0. The van der Waals surface area contributed by atoms with Crippen LogP contribution in [0.4, 0.5) is 4.39 Å². The van der Waals surface area contributed by atoms with Crippen molar-refractivity contribution in [1.29, 1.82) is 0 Å². The second-order valence-electron chi connectivity index (χ2n) is 2.95. The monoisotopic (exact) mass is 214 g/mol. The van der Waals surface area contributed by atoms with Gasteiger partial charge in [-0.15, -0.1) is 0 Å². The number of halogens is 2. The zero-order valence-electron chi connectivity index (χ0n) is 7.93. The van der Waals surface area contributed by atoms with E-state index in [4.69, 9.17) is 16.7 Å². The SMILES string of the molecule is CCC(=Cc1c(F)cccc1Cl)CO. The fourth-order valence-electron chi connectivity index (χ4n) is 1.11. The van der Waals surface area contributed by atoms with Crippen molar-refractivity contribution in [2.45, 2.75) is 13.3 Å². The fraction of sp³-hybridized carbons (Fsp3) is 0.273. The summed E-state index contributed by atoms with van der Waals surface area (Å²) in [5.41, 5.74) is 1.11. The zero-order chi connectivity index (χ0) is 10.6. The molecule has 1 aromatic carbocycles. The van der Waals surface area contributed by atoms with Gasteiger partial charge in [0.15, 0.2) is 0 Å². The molecule has 0 bridgehead atoms. The Hall–Kier alpha value is -0.860. The van der Waals surface area contributed by atoms with Crippen molar-refractivity contribution in [3.05, 3.63) is 40.2 Å². The van der Waals surface area contributed by atoms with Crippen LogP contribution in [-0.4, -0.2) is 11.7 Å². The molecule has 0 aliphatic heterocycles. The first kappa shape index (κ1) is 11.2. The Morgan fingerprint density at radius 2 is 2.29 bits per heavy atom. The molecule has 1 N–H and O–H groups in total. The van der Waals surface area contributed by atoms with Crippen LogP contribution in [0.25, 0.3) is 6.08 Å². The van der Waals surface area contributed by atoms with Crippen LogP contribution in [0.5, 0.6) is 0 Å². The summed E-state index contributed by atoms with van der Waals surface area (Å²) in [6.07, 6.45) is 2.28. The van der Waals surface area contributed by atoms with Crippen LogP contribution < -0.4 is 0 Å². The highest BCUT2D eigenvalue weighted by molar-refractivity contribution is 6.32. The lowest BCUT2D eigenvalue weighted by Crippen LogP contribution is -1.90. The molecule has 0 atom stereocenters. The average molecular weight is 215 g/mol. The summed E-state index contributed by atoms with van der Waals surface area (Å²) in [5, 5.41) is 9.30. The van der Waals surface area contributed by atoms with Crippen molar-refractivity contribution in [1.82, 2.24) is 0 Å². The van der Waals surface area contributed by atoms with Gasteiger partial charge >= 0.3 is 0 Å². The maximum Gasteiger partial charge on any atom is 0.131 e. The molecule has 0 aromatic heterocycles. The van der Waals surface area contributed by atoms with Crippen LogP contribution in [-0.2, 0) is 0 Å². The second-order valence-corrected chi connectivity index (χ2v) is 3.36. The van der Waals surface area contributed by atoms with Gasteiger partial charge in [-0.2, -0.15) is 0 Å². The van der Waals surface area contributed by atoms with E-state index in [1.807, 2.05) is 6.92 Å². The molecule has 0 saturated heterocycles. The van der Waals surface area contributed by atoms with Gasteiger partial charge in [-0.25, -0.2) is 4.39 Å². The molecule has 76 valence electrons. The minimum Gasteiger partial charge on any atom is -0.392 e. The van der Waals surface area contributed by atoms with Gasteiger partial charge in [0.1, 0.15) is 5.82 Å². The van der Waals surface area contributed by atoms with Gasteiger partial charge in [-0.05, 0) is 30.2 Å². The summed E-state index contributed by atoms with van der Waals surface area (Å²) in [6, 6.07) is 4.53. The Morgan fingerprint density at radius 1 is 1.57 bits per heavy atom. The van der Waals surface area contributed by atoms with Crippen molar-refractivity contribution in [2.24, 2.45) is 0 Å². The van der Waals surface area contributed by atoms with Crippen molar-refractivity contribution in [2.75, 3.05) is 6.61 Å². The predicted octanol–water partition coefficient (Wildman–Crippen LogP) is 3.26. The summed E-state index contributed by atoms with van der Waals surface area (Å²) in [7, 11) is 0. The molecule has 0 amide bonds. The maximum absolute atomic E-state index is 13.3. The first-order valence-corrected chi connectivity index (χ1v) is 4.81. The standard InChI is InChI=1S/C11H12ClFO/c1-2-8(7-14)6-9-10(12)4-3-5-11(9)13/h3-6,14H,2,7H2,1H3. The van der Waals surface area contributed by atoms with E-state index in [0.717, 1.165) is 5.57 Å². The van der Waals surface area contributed by atoms with Crippen molar-refractivity contribution < 1.29 is 9.50 Å². The van der Waals surface area contributed by atoms with Gasteiger partial charge in [0.25, 0.3) is 0 Å². The third-order valence-corrected chi connectivity index (χ3v) is 2.33. The molecule has 0 heterocycles. The van der Waals surface area contributed by atoms with Gasteiger partial charge in [-0.1, -0.05) is 24.6 Å². The predicted molar refractivity (Wildman–Crippen MR) is 56.8 cm³/mol. The number of aliphatic hydroxyl groups excluding tert-OH is 1. The van der Waals surface area contributed by atoms with Gasteiger partial charge in [0.05, 0.1) is 11.6 Å². The lowest BCUT2D eigenvalue weighted by atomic mass is 10.1. The van der Waals surface area contributed by atoms with Crippen LogP contribution >= 0.6 is 11.6 Å². The minimum atomic E-state index is -0.364. The van der Waals surface area contributed by atoms with E-state index in [0.29, 0.717) is 17.0 Å². The van der Waals surface area contributed by atoms with Crippen LogP contribution in [0.2, 0.25) is 5.02 Å². The second kappa shape index (κ2) is 5.13. The minimum absolute atomic E-state index is 0.0683. The summed E-state index contributed by atoms with van der Waals surface area (Å²) >= 11 is 5.82. The van der Waals surface area contributed by atoms with E-state index < -0.39 is 0 Å². The number of rotatable bonds is 3. The average Bonchev–Trinajstić information content (AvgIpc) is 2.18. The molecule has 0 aliphatic carbocycles. The topological polar surface area (TPSA) is 20.2 Å². The Kier molecular flexibility index (Phi) is 4.11. The summed E-state index contributed by atoms with van der Waals surface area (Å²) in [6.45, 7) is 1.83. The van der Waals surface area contributed by atoms with Crippen molar-refractivity contribution in [3.63, 3.8) is 0 Å². The van der Waals surface area contributed by atoms with Crippen LogP contribution in [0.1, 0.15) is 18.9 Å². The normalized spacial score (nSPS) is 11.9. The van der Waals surface area contributed by atoms with Crippen LogP contribution in [0, 0.1) is 5.82 Å². The lowest BCUT2D eigenvalue weighted by Gasteiger charge is -2.03. The van der Waals surface area contributed by atoms with E-state index in [-0.39, 0.29) is 12.4 Å². The number of hydrogen-bond acceptors (Lipinski definition) is 1. The van der Waals surface area contributed by atoms with E-state index in [1.165, 1.54) is 6.07 Å². The molecular weight excluding hydrogens is 203 g/mol. The molecule has 3 heteroatoms. The Balaban J connectivity index is 3.12. The first-order valence-electron chi connectivity index (χ1n) is 4.43. The highest BCUT2D eigenvalue weighted by Crippen LogP contribution is 2.22. The third-order valence-electron chi connectivity index (χ3n) is 2.01. The molecular formula is C11H12ClFO. The van der Waals surface area contributed by atoms with Crippen LogP contribution in [0.3, 0.4) is 0 Å². The Morgan fingerprint density at radius 3 is 2.79 bits per heavy atom. The maximum atomic E-state index is 13.3. The molecule has 0 aliphatic rings. The molecule has 0 saturated carbocycles. The quantitative estimate of drug-likeness (QED) is 0.819. The highest BCUT2D eigenvalue weighted by atomic mass is 35.5. The van der Waals surface area contributed by atoms with Crippen molar-refractivity contribution >= 4 is 17.7 Å². The highest BCUT2D eigenvalue weighted by Gasteiger charge is 2.04. The van der Waals surface area contributed by atoms with Gasteiger partial charge in [-0.3, -0.25) is 0 Å². The molecule has 0 fully saturated rings. The third kappa shape index (κ3) is 2.56. The van der Waals surface area contributed by atoms with E-state index in [9.17, 15) is 4.39 Å². The Bertz CT molecular complexity index is 321. The van der Waals surface area contributed by atoms with Crippen molar-refractivity contribution in [3.8, 4) is 0 Å². The molecule has 1 aromatic rings. The number of hydrogen-bond donors (Lipinski definition) is 1. The molecule has 0 unspecified atom stereocenters. The van der Waals surface area contributed by atoms with Gasteiger partial charge < -0.3 is 5.11 Å². The largest absolute Gasteiger partial charge is 0.392 e. The number of benzene rings is 1. The smallest absolute Gasteiger partial charge is 0.131 e. The van der Waals surface area contributed by atoms with E-state index in [2.05, 4.69) is 0 Å². The van der Waals surface area contributed by atoms with E-state index >= 15 is 0 Å². The molecule has 0 radical (unpaired) electrons. The fourth-order valence-corrected chi connectivity index (χ4v) is 1.33. The molecule has 1 rings (SSSR count). The Labute approximate surface area is 87.8 Å². The van der Waals surface area contributed by atoms with Gasteiger partial charge in [0.2, 0.25) is 0 Å². The number of aliphatic hydroxyl groups is 1.